The molecule has 0 atom stereocenters. The van der Waals surface area contributed by atoms with Crippen LogP contribution in [0.4, 0.5) is 0 Å². The van der Waals surface area contributed by atoms with Gasteiger partial charge in [-0.15, -0.1) is 0 Å². The lowest BCUT2D eigenvalue weighted by molar-refractivity contribution is -0.136. The molecule has 2 N–H and O–H groups in total. The molecule has 0 aromatic heterocycles. The second-order valence-corrected chi connectivity index (χ2v) is 6.46. The molecule has 0 aliphatic carbocycles. The van der Waals surface area contributed by atoms with Crippen molar-refractivity contribution in [1.82, 2.24) is 20.7 Å². The molecule has 0 bridgehead atoms. The number of carbonyl (C=O) groups is 5. The van der Waals surface area contributed by atoms with Crippen LogP contribution in [0, 0.1) is 0 Å². The summed E-state index contributed by atoms with van der Waals surface area (Å²) < 4.78 is 0. The van der Waals surface area contributed by atoms with Crippen LogP contribution in [0.3, 0.4) is 0 Å². The molecule has 2 aliphatic rings. The highest BCUT2D eigenvalue weighted by Gasteiger charge is 2.36. The molecule has 2 aliphatic heterocycles. The van der Waals surface area contributed by atoms with Crippen LogP contribution in [0.15, 0.2) is 24.3 Å². The van der Waals surface area contributed by atoms with Crippen molar-refractivity contribution in [1.29, 1.82) is 0 Å². The summed E-state index contributed by atoms with van der Waals surface area (Å²) in [6.07, 6.45) is 3.01. The van der Waals surface area contributed by atoms with E-state index < -0.39 is 30.2 Å². The number of imide groups is 1. The number of fused-ring (bicyclic) bond motifs is 1. The molecule has 0 spiro atoms. The number of hydrogen-bond acceptors (Lipinski definition) is 5. The van der Waals surface area contributed by atoms with Gasteiger partial charge in [0, 0.05) is 13.0 Å². The highest BCUT2D eigenvalue weighted by Crippen LogP contribution is 2.21. The van der Waals surface area contributed by atoms with E-state index in [4.69, 9.17) is 0 Å². The quantitative estimate of drug-likeness (QED) is 0.562. The second-order valence-electron chi connectivity index (χ2n) is 6.46. The Morgan fingerprint density at radius 1 is 0.852 bits per heavy atom. The predicted molar refractivity (Wildman–Crippen MR) is 93.1 cm³/mol. The van der Waals surface area contributed by atoms with Crippen molar-refractivity contribution < 1.29 is 24.0 Å². The van der Waals surface area contributed by atoms with Crippen molar-refractivity contribution in [2.45, 2.75) is 25.7 Å². The van der Waals surface area contributed by atoms with E-state index in [1.54, 1.807) is 12.1 Å². The van der Waals surface area contributed by atoms with E-state index in [0.717, 1.165) is 24.2 Å². The van der Waals surface area contributed by atoms with E-state index in [2.05, 4.69) is 10.9 Å². The normalized spacial score (nSPS) is 16.8. The van der Waals surface area contributed by atoms with Gasteiger partial charge in [0.1, 0.15) is 13.1 Å². The number of carbonyl (C=O) groups excluding carboxylic acids is 5. The Morgan fingerprint density at radius 3 is 2.07 bits per heavy atom. The molecule has 2 heterocycles. The summed E-state index contributed by atoms with van der Waals surface area (Å²) in [5.41, 5.74) is 4.89. The van der Waals surface area contributed by atoms with Crippen molar-refractivity contribution in [3.63, 3.8) is 0 Å². The number of nitrogens with one attached hydrogen (secondary N) is 2. The van der Waals surface area contributed by atoms with Gasteiger partial charge in [0.25, 0.3) is 23.6 Å². The first-order chi connectivity index (χ1) is 13.0. The zero-order chi connectivity index (χ0) is 19.4. The SMILES string of the molecule is O=C(CN1CCCCCC1=O)NNC(=O)CN1C(=O)c2ccccc2C1=O. The fourth-order valence-electron chi connectivity index (χ4n) is 3.12. The number of benzene rings is 1. The summed E-state index contributed by atoms with van der Waals surface area (Å²) in [5.74, 6) is -2.43. The van der Waals surface area contributed by atoms with Gasteiger partial charge in [0.05, 0.1) is 11.1 Å². The Labute approximate surface area is 155 Å². The van der Waals surface area contributed by atoms with Crippen molar-refractivity contribution >= 4 is 29.5 Å². The number of hydrazine groups is 1. The third kappa shape index (κ3) is 4.13. The van der Waals surface area contributed by atoms with Gasteiger partial charge < -0.3 is 4.90 Å². The van der Waals surface area contributed by atoms with Crippen LogP contribution in [-0.4, -0.2) is 59.0 Å². The number of likely N-dealkylation sites (tertiary alicyclic amines) is 1. The Morgan fingerprint density at radius 2 is 1.44 bits per heavy atom. The molecule has 5 amide bonds. The third-order valence-corrected chi connectivity index (χ3v) is 4.53. The number of rotatable bonds is 4. The topological polar surface area (TPSA) is 116 Å². The monoisotopic (exact) mass is 372 g/mol. The zero-order valence-corrected chi connectivity index (χ0v) is 14.7. The van der Waals surface area contributed by atoms with Gasteiger partial charge in [-0.1, -0.05) is 18.6 Å². The maximum Gasteiger partial charge on any atom is 0.262 e. The van der Waals surface area contributed by atoms with E-state index in [0.29, 0.717) is 13.0 Å². The third-order valence-electron chi connectivity index (χ3n) is 4.53. The van der Waals surface area contributed by atoms with Gasteiger partial charge in [0.15, 0.2) is 0 Å². The summed E-state index contributed by atoms with van der Waals surface area (Å²) in [4.78, 5) is 62.5. The molecule has 1 fully saturated rings. The lowest BCUT2D eigenvalue weighted by Crippen LogP contribution is -2.50. The molecule has 1 aromatic carbocycles. The Kier molecular flexibility index (Phi) is 5.49. The highest BCUT2D eigenvalue weighted by molar-refractivity contribution is 6.22. The average molecular weight is 372 g/mol. The first-order valence-electron chi connectivity index (χ1n) is 8.78. The highest BCUT2D eigenvalue weighted by atomic mass is 16.2. The maximum atomic E-state index is 12.2. The molecule has 1 aromatic rings. The van der Waals surface area contributed by atoms with Crippen LogP contribution in [0.1, 0.15) is 46.4 Å². The molecule has 1 saturated heterocycles. The van der Waals surface area contributed by atoms with Crippen LogP contribution in [0.5, 0.6) is 0 Å². The molecule has 9 nitrogen and oxygen atoms in total. The fraction of sp³-hybridized carbons (Fsp3) is 0.389. The number of hydrogen-bond donors (Lipinski definition) is 2. The maximum absolute atomic E-state index is 12.2. The minimum Gasteiger partial charge on any atom is -0.333 e. The minimum absolute atomic E-state index is 0.0833. The van der Waals surface area contributed by atoms with E-state index in [1.165, 1.54) is 17.0 Å². The van der Waals surface area contributed by atoms with E-state index in [-0.39, 0.29) is 23.6 Å². The van der Waals surface area contributed by atoms with Gasteiger partial charge in [-0.2, -0.15) is 0 Å². The van der Waals surface area contributed by atoms with Crippen molar-refractivity contribution in [2.75, 3.05) is 19.6 Å². The Balaban J connectivity index is 1.49. The zero-order valence-electron chi connectivity index (χ0n) is 14.7. The standard InChI is InChI=1S/C18H20N4O5/c23-14(10-21-9-5-1-2-8-16(21)25)19-20-15(24)11-22-17(26)12-6-3-4-7-13(12)18(22)27/h3-4,6-7H,1-2,5,8-11H2,(H,19,23)(H,20,24). The van der Waals surface area contributed by atoms with Crippen molar-refractivity contribution in [2.24, 2.45) is 0 Å². The van der Waals surface area contributed by atoms with Crippen LogP contribution in [0.25, 0.3) is 0 Å². The Hall–Kier alpha value is -3.23. The summed E-state index contributed by atoms with van der Waals surface area (Å²) >= 11 is 0. The van der Waals surface area contributed by atoms with Crippen LogP contribution in [-0.2, 0) is 14.4 Å². The molecule has 142 valence electrons. The summed E-state index contributed by atoms with van der Waals surface area (Å²) in [7, 11) is 0. The predicted octanol–water partition coefficient (Wildman–Crippen LogP) is -0.167. The van der Waals surface area contributed by atoms with Gasteiger partial charge in [0.2, 0.25) is 5.91 Å². The summed E-state index contributed by atoms with van der Waals surface area (Å²) in [6, 6.07) is 6.32. The average Bonchev–Trinajstić information content (AvgIpc) is 2.79. The molecular formula is C18H20N4O5. The fourth-order valence-corrected chi connectivity index (χ4v) is 3.12. The van der Waals surface area contributed by atoms with Gasteiger partial charge in [-0.3, -0.25) is 39.7 Å². The molecule has 0 saturated carbocycles. The van der Waals surface area contributed by atoms with Crippen LogP contribution < -0.4 is 10.9 Å². The van der Waals surface area contributed by atoms with E-state index in [1.807, 2.05) is 0 Å². The smallest absolute Gasteiger partial charge is 0.262 e. The van der Waals surface area contributed by atoms with Gasteiger partial charge in [-0.05, 0) is 25.0 Å². The molecule has 27 heavy (non-hydrogen) atoms. The molecule has 0 radical (unpaired) electrons. The van der Waals surface area contributed by atoms with Crippen LogP contribution >= 0.6 is 0 Å². The van der Waals surface area contributed by atoms with Crippen LogP contribution in [0.2, 0.25) is 0 Å². The van der Waals surface area contributed by atoms with E-state index >= 15 is 0 Å². The molecular weight excluding hydrogens is 352 g/mol. The van der Waals surface area contributed by atoms with Gasteiger partial charge in [-0.25, -0.2) is 0 Å². The van der Waals surface area contributed by atoms with Crippen molar-refractivity contribution in [3.05, 3.63) is 35.4 Å². The largest absolute Gasteiger partial charge is 0.333 e. The minimum atomic E-state index is -0.708. The second kappa shape index (κ2) is 7.98. The molecule has 3 rings (SSSR count). The Bertz CT molecular complexity index is 772. The first-order valence-corrected chi connectivity index (χ1v) is 8.78. The van der Waals surface area contributed by atoms with Crippen molar-refractivity contribution in [3.8, 4) is 0 Å². The number of amides is 5. The molecule has 9 heteroatoms. The lowest BCUT2D eigenvalue weighted by Gasteiger charge is -2.20. The number of nitrogens with zero attached hydrogens (tertiary/aromatic N) is 2. The van der Waals surface area contributed by atoms with E-state index in [9.17, 15) is 24.0 Å². The summed E-state index contributed by atoms with van der Waals surface area (Å²) in [6.45, 7) is -0.142. The summed E-state index contributed by atoms with van der Waals surface area (Å²) in [5, 5.41) is 0. The first kappa shape index (κ1) is 18.6. The molecule has 0 unspecified atom stereocenters. The van der Waals surface area contributed by atoms with Gasteiger partial charge >= 0.3 is 0 Å². The lowest BCUT2D eigenvalue weighted by atomic mass is 10.1.